The smallest absolute Gasteiger partial charge is 0.407 e. The molecule has 0 aromatic rings. The van der Waals surface area contributed by atoms with Crippen molar-refractivity contribution >= 4 is 6.09 Å². The Morgan fingerprint density at radius 2 is 2.00 bits per heavy atom. The Hall–Kier alpha value is -0.770. The summed E-state index contributed by atoms with van der Waals surface area (Å²) in [5, 5.41) is 3.00. The second-order valence-corrected chi connectivity index (χ2v) is 6.95. The van der Waals surface area contributed by atoms with Crippen molar-refractivity contribution < 1.29 is 9.53 Å². The summed E-state index contributed by atoms with van der Waals surface area (Å²) in [6, 6.07) is 0.558. The van der Waals surface area contributed by atoms with Gasteiger partial charge in [-0.25, -0.2) is 4.79 Å². The van der Waals surface area contributed by atoms with Gasteiger partial charge in [-0.2, -0.15) is 0 Å². The van der Waals surface area contributed by atoms with Crippen molar-refractivity contribution in [1.82, 2.24) is 5.32 Å². The van der Waals surface area contributed by atoms with Gasteiger partial charge in [-0.15, -0.1) is 0 Å². The summed E-state index contributed by atoms with van der Waals surface area (Å²) < 4.78 is 5.31. The highest BCUT2D eigenvalue weighted by Gasteiger charge is 2.46. The summed E-state index contributed by atoms with van der Waals surface area (Å²) in [5.41, 5.74) is 6.10. The van der Waals surface area contributed by atoms with Crippen LogP contribution in [0.15, 0.2) is 0 Å². The minimum absolute atomic E-state index is 0.236. The first kappa shape index (κ1) is 13.7. The van der Waals surface area contributed by atoms with Gasteiger partial charge in [0.05, 0.1) is 0 Å². The van der Waals surface area contributed by atoms with Gasteiger partial charge in [0.2, 0.25) is 0 Å². The van der Waals surface area contributed by atoms with E-state index in [0.717, 1.165) is 19.3 Å². The molecule has 0 aromatic carbocycles. The van der Waals surface area contributed by atoms with Gasteiger partial charge in [-0.05, 0) is 58.3 Å². The van der Waals surface area contributed by atoms with Gasteiger partial charge in [0, 0.05) is 12.1 Å². The molecule has 2 saturated carbocycles. The number of nitrogens with one attached hydrogen (secondary N) is 1. The number of carbonyl (C=O) groups excluding carboxylic acids is 1. The highest BCUT2D eigenvalue weighted by molar-refractivity contribution is 5.68. The predicted molar refractivity (Wildman–Crippen MR) is 71.3 cm³/mol. The van der Waals surface area contributed by atoms with Crippen molar-refractivity contribution in [2.45, 2.75) is 77.0 Å². The molecule has 3 N–H and O–H groups in total. The quantitative estimate of drug-likeness (QED) is 0.756. The Balaban J connectivity index is 1.85. The summed E-state index contributed by atoms with van der Waals surface area (Å²) in [6.45, 7) is 5.66. The third kappa shape index (κ3) is 2.97. The molecule has 2 atom stereocenters. The molecule has 18 heavy (non-hydrogen) atoms. The monoisotopic (exact) mass is 254 g/mol. The Morgan fingerprint density at radius 1 is 1.33 bits per heavy atom. The summed E-state index contributed by atoms with van der Waals surface area (Å²) in [7, 11) is 0. The topological polar surface area (TPSA) is 64.3 Å². The normalized spacial score (nSPS) is 30.7. The molecule has 1 spiro atoms. The van der Waals surface area contributed by atoms with Gasteiger partial charge < -0.3 is 15.8 Å². The number of amides is 1. The van der Waals surface area contributed by atoms with Gasteiger partial charge in [0.15, 0.2) is 0 Å². The molecule has 0 aromatic heterocycles. The van der Waals surface area contributed by atoms with E-state index < -0.39 is 5.60 Å². The Kier molecular flexibility index (Phi) is 3.58. The number of hydrogen-bond donors (Lipinski definition) is 2. The lowest BCUT2D eigenvalue weighted by molar-refractivity contribution is 0.0220. The first-order valence-electron chi connectivity index (χ1n) is 7.06. The highest BCUT2D eigenvalue weighted by atomic mass is 16.6. The maximum atomic E-state index is 11.8. The van der Waals surface area contributed by atoms with Crippen LogP contribution in [0.5, 0.6) is 0 Å². The summed E-state index contributed by atoms with van der Waals surface area (Å²) in [4.78, 5) is 11.8. The number of nitrogens with two attached hydrogens (primary N) is 1. The molecule has 2 fully saturated rings. The summed E-state index contributed by atoms with van der Waals surface area (Å²) >= 11 is 0. The van der Waals surface area contributed by atoms with Crippen LogP contribution >= 0.6 is 0 Å². The molecule has 2 unspecified atom stereocenters. The average Bonchev–Trinajstić information content (AvgIpc) is 2.15. The zero-order valence-corrected chi connectivity index (χ0v) is 11.8. The van der Waals surface area contributed by atoms with Gasteiger partial charge in [-0.3, -0.25) is 0 Å². The number of alkyl carbamates (subject to hydrolysis) is 1. The van der Waals surface area contributed by atoms with E-state index in [-0.39, 0.29) is 12.1 Å². The van der Waals surface area contributed by atoms with E-state index in [1.54, 1.807) is 0 Å². The zero-order chi connectivity index (χ0) is 13.4. The maximum absolute atomic E-state index is 11.8. The van der Waals surface area contributed by atoms with Gasteiger partial charge in [-0.1, -0.05) is 6.42 Å². The molecule has 1 amide bonds. The van der Waals surface area contributed by atoms with E-state index in [1.165, 1.54) is 19.3 Å². The molecule has 0 radical (unpaired) electrons. The fourth-order valence-corrected chi connectivity index (χ4v) is 3.23. The second kappa shape index (κ2) is 4.72. The van der Waals surface area contributed by atoms with Crippen LogP contribution in [-0.2, 0) is 4.74 Å². The summed E-state index contributed by atoms with van der Waals surface area (Å²) in [5.74, 6) is 0. The predicted octanol–water partition coefficient (Wildman–Crippen LogP) is 2.56. The van der Waals surface area contributed by atoms with Crippen LogP contribution in [0, 0.1) is 5.41 Å². The minimum Gasteiger partial charge on any atom is -0.444 e. The Morgan fingerprint density at radius 3 is 2.50 bits per heavy atom. The van der Waals surface area contributed by atoms with E-state index in [9.17, 15) is 4.79 Å². The molecule has 2 aliphatic carbocycles. The first-order chi connectivity index (χ1) is 8.31. The largest absolute Gasteiger partial charge is 0.444 e. The standard InChI is InChI=1S/C14H26N2O2/c1-13(2,3)18-12(17)16-10-5-6-11(15)14(9-10)7-4-8-14/h10-11H,4-9,15H2,1-3H3,(H,16,17). The number of hydrogen-bond acceptors (Lipinski definition) is 3. The van der Waals surface area contributed by atoms with Crippen LogP contribution in [0.3, 0.4) is 0 Å². The van der Waals surface area contributed by atoms with Crippen molar-refractivity contribution in [2.75, 3.05) is 0 Å². The molecular weight excluding hydrogens is 228 g/mol. The van der Waals surface area contributed by atoms with Gasteiger partial charge in [0.25, 0.3) is 0 Å². The number of ether oxygens (including phenoxy) is 1. The molecular formula is C14H26N2O2. The molecule has 2 rings (SSSR count). The maximum Gasteiger partial charge on any atom is 0.407 e. The molecule has 0 aliphatic heterocycles. The highest BCUT2D eigenvalue weighted by Crippen LogP contribution is 2.50. The van der Waals surface area contributed by atoms with E-state index in [2.05, 4.69) is 5.32 Å². The molecule has 0 heterocycles. The van der Waals surface area contributed by atoms with Crippen LogP contribution in [0.25, 0.3) is 0 Å². The summed E-state index contributed by atoms with van der Waals surface area (Å²) in [6.07, 6.45) is 6.45. The van der Waals surface area contributed by atoms with Crippen molar-refractivity contribution in [2.24, 2.45) is 11.1 Å². The average molecular weight is 254 g/mol. The van der Waals surface area contributed by atoms with Crippen LogP contribution in [-0.4, -0.2) is 23.8 Å². The molecule has 0 saturated heterocycles. The van der Waals surface area contributed by atoms with E-state index in [1.807, 2.05) is 20.8 Å². The van der Waals surface area contributed by atoms with Crippen molar-refractivity contribution in [3.8, 4) is 0 Å². The fraction of sp³-hybridized carbons (Fsp3) is 0.929. The fourth-order valence-electron chi connectivity index (χ4n) is 3.23. The zero-order valence-electron chi connectivity index (χ0n) is 11.8. The van der Waals surface area contributed by atoms with E-state index >= 15 is 0 Å². The molecule has 0 bridgehead atoms. The Bertz CT molecular complexity index is 318. The third-order valence-corrected chi connectivity index (χ3v) is 4.34. The van der Waals surface area contributed by atoms with Crippen LogP contribution in [0.4, 0.5) is 4.79 Å². The van der Waals surface area contributed by atoms with E-state index in [0.29, 0.717) is 11.5 Å². The lowest BCUT2D eigenvalue weighted by Crippen LogP contribution is -2.55. The SMILES string of the molecule is CC(C)(C)OC(=O)NC1CCC(N)C2(CCC2)C1. The minimum atomic E-state index is -0.427. The second-order valence-electron chi connectivity index (χ2n) is 6.95. The van der Waals surface area contributed by atoms with Crippen LogP contribution in [0.1, 0.15) is 59.3 Å². The van der Waals surface area contributed by atoms with Crippen LogP contribution < -0.4 is 11.1 Å². The number of rotatable bonds is 1. The first-order valence-corrected chi connectivity index (χ1v) is 7.06. The van der Waals surface area contributed by atoms with Gasteiger partial charge in [0.1, 0.15) is 5.60 Å². The van der Waals surface area contributed by atoms with Gasteiger partial charge >= 0.3 is 6.09 Å². The molecule has 4 heteroatoms. The lowest BCUT2D eigenvalue weighted by Gasteiger charge is -2.51. The van der Waals surface area contributed by atoms with Crippen molar-refractivity contribution in [3.63, 3.8) is 0 Å². The third-order valence-electron chi connectivity index (χ3n) is 4.34. The lowest BCUT2D eigenvalue weighted by atomic mass is 9.57. The molecule has 4 nitrogen and oxygen atoms in total. The van der Waals surface area contributed by atoms with Crippen molar-refractivity contribution in [3.05, 3.63) is 0 Å². The van der Waals surface area contributed by atoms with Crippen molar-refractivity contribution in [1.29, 1.82) is 0 Å². The van der Waals surface area contributed by atoms with E-state index in [4.69, 9.17) is 10.5 Å². The van der Waals surface area contributed by atoms with Crippen LogP contribution in [0.2, 0.25) is 0 Å². The molecule has 2 aliphatic rings. The molecule has 104 valence electrons. The number of carbonyl (C=O) groups is 1. The Labute approximate surface area is 110 Å².